The minimum Gasteiger partial charge on any atom is -0.152 e. The molecule has 1 rings (SSSR count). The van der Waals surface area contributed by atoms with E-state index >= 15 is 0 Å². The summed E-state index contributed by atoms with van der Waals surface area (Å²) in [6, 6.07) is 0.116. The van der Waals surface area contributed by atoms with Gasteiger partial charge in [0.25, 0.3) is 0 Å². The molecule has 0 aliphatic rings. The van der Waals surface area contributed by atoms with Crippen molar-refractivity contribution in [3.05, 3.63) is 22.4 Å². The van der Waals surface area contributed by atoms with Crippen molar-refractivity contribution in [1.29, 1.82) is 0 Å². The highest BCUT2D eigenvalue weighted by molar-refractivity contribution is 7.07. The van der Waals surface area contributed by atoms with Gasteiger partial charge in [-0.05, 0) is 29.2 Å². The van der Waals surface area contributed by atoms with E-state index in [-0.39, 0.29) is 11.6 Å². The third kappa shape index (κ3) is 0.601. The van der Waals surface area contributed by atoms with Crippen LogP contribution in [0.1, 0.15) is 11.0 Å². The van der Waals surface area contributed by atoms with E-state index in [2.05, 4.69) is 0 Å². The van der Waals surface area contributed by atoms with Crippen molar-refractivity contribution in [2.75, 3.05) is 0 Å². The van der Waals surface area contributed by atoms with Crippen LogP contribution >= 0.6 is 11.3 Å². The molecule has 0 atom stereocenters. The highest BCUT2D eigenvalue weighted by atomic mass is 32.1. The Morgan fingerprint density at radius 1 is 2.17 bits per heavy atom. The van der Waals surface area contributed by atoms with Crippen LogP contribution in [-0.2, 0) is 0 Å². The lowest BCUT2D eigenvalue weighted by Gasteiger charge is -1.65. The quantitative estimate of drug-likeness (QED) is 0.470. The zero-order valence-corrected chi connectivity index (χ0v) is 3.88. The first kappa shape index (κ1) is 1.34. The minimum absolute atomic E-state index is 0.116. The second-order valence-electron chi connectivity index (χ2n) is 0.930. The Morgan fingerprint density at radius 2 is 3.17 bits per heavy atom. The summed E-state index contributed by atoms with van der Waals surface area (Å²) in [4.78, 5) is 0. The molecule has 1 aromatic rings. The van der Waals surface area contributed by atoms with Crippen LogP contribution in [0.5, 0.6) is 0 Å². The third-order valence-corrected chi connectivity index (χ3v) is 1.09. The van der Waals surface area contributed by atoms with Crippen molar-refractivity contribution in [3.63, 3.8) is 0 Å². The summed E-state index contributed by atoms with van der Waals surface area (Å²) in [5.41, 5.74) is 0.150. The van der Waals surface area contributed by atoms with Crippen molar-refractivity contribution in [2.24, 2.45) is 0 Å². The van der Waals surface area contributed by atoms with Crippen LogP contribution in [-0.4, -0.2) is 0 Å². The fraction of sp³-hybridized carbons (Fsp3) is 0.200. The van der Waals surface area contributed by atoms with Crippen LogP contribution < -0.4 is 0 Å². The Bertz CT molecular complexity index is 224. The highest BCUT2D eigenvalue weighted by Gasteiger charge is 1.74. The molecule has 1 aromatic heterocycles. The number of hydrogen-bond acceptors (Lipinski definition) is 1. The minimum atomic E-state index is -2.11. The van der Waals surface area contributed by atoms with E-state index in [1.54, 1.807) is 0 Å². The molecule has 6 heavy (non-hydrogen) atoms. The summed E-state index contributed by atoms with van der Waals surface area (Å²) < 4.78 is 28.0. The van der Waals surface area contributed by atoms with Gasteiger partial charge in [-0.3, -0.25) is 0 Å². The Balaban J connectivity index is 3.05. The average molecular weight is 102 g/mol. The van der Waals surface area contributed by atoms with Gasteiger partial charge in [0.15, 0.2) is 0 Å². The molecule has 0 aromatic carbocycles. The SMILES string of the molecule is [2H]c1cscc1C([2H])([2H])[2H]. The summed E-state index contributed by atoms with van der Waals surface area (Å²) in [7, 11) is 0. The molecule has 0 bridgehead atoms. The molecule has 0 saturated heterocycles. The molecule has 0 aliphatic carbocycles. The standard InChI is InChI=1S/C5H6S/c1-5-2-3-6-4-5/h2-4H,1H3/i1D3,2D. The van der Waals surface area contributed by atoms with Gasteiger partial charge in [-0.2, -0.15) is 11.3 Å². The van der Waals surface area contributed by atoms with Crippen molar-refractivity contribution in [3.8, 4) is 0 Å². The van der Waals surface area contributed by atoms with Crippen molar-refractivity contribution >= 4 is 11.3 Å². The molecule has 32 valence electrons. The fourth-order valence-corrected chi connectivity index (χ4v) is 0.701. The highest BCUT2D eigenvalue weighted by Crippen LogP contribution is 2.01. The van der Waals surface area contributed by atoms with Crippen LogP contribution in [0.4, 0.5) is 0 Å². The van der Waals surface area contributed by atoms with Crippen LogP contribution in [0.15, 0.2) is 16.8 Å². The topological polar surface area (TPSA) is 0 Å². The molecule has 0 radical (unpaired) electrons. The second kappa shape index (κ2) is 1.43. The molecular weight excluding hydrogens is 92.1 g/mol. The van der Waals surface area contributed by atoms with E-state index < -0.39 is 6.85 Å². The van der Waals surface area contributed by atoms with Gasteiger partial charge in [-0.15, -0.1) is 0 Å². The van der Waals surface area contributed by atoms with Gasteiger partial charge in [0.05, 0.1) is 1.37 Å². The molecule has 1 heteroatoms. The monoisotopic (exact) mass is 102 g/mol. The Hall–Kier alpha value is -0.300. The van der Waals surface area contributed by atoms with Crippen LogP contribution in [0.2, 0.25) is 0 Å². The van der Waals surface area contributed by atoms with Gasteiger partial charge in [0.2, 0.25) is 0 Å². The molecule has 0 saturated carbocycles. The molecule has 0 spiro atoms. The average Bonchev–Trinajstić information content (AvgIpc) is 2.11. The number of aryl methyl sites for hydroxylation is 1. The van der Waals surface area contributed by atoms with Gasteiger partial charge in [0, 0.05) is 4.11 Å². The lowest BCUT2D eigenvalue weighted by Crippen LogP contribution is -1.47. The molecule has 0 unspecified atom stereocenters. The van der Waals surface area contributed by atoms with Gasteiger partial charge < -0.3 is 0 Å². The van der Waals surface area contributed by atoms with Gasteiger partial charge in [-0.1, -0.05) is 0 Å². The van der Waals surface area contributed by atoms with Crippen molar-refractivity contribution in [2.45, 2.75) is 6.85 Å². The van der Waals surface area contributed by atoms with Crippen LogP contribution in [0.25, 0.3) is 0 Å². The Kier molecular flexibility index (Phi) is 0.320. The first-order valence-electron chi connectivity index (χ1n) is 3.55. The Labute approximate surface area is 47.1 Å². The third-order valence-electron chi connectivity index (χ3n) is 0.468. The smallest absolute Gasteiger partial charge is 0.0634 e. The first-order valence-corrected chi connectivity index (χ1v) is 2.49. The van der Waals surface area contributed by atoms with Gasteiger partial charge >= 0.3 is 0 Å². The van der Waals surface area contributed by atoms with E-state index in [0.717, 1.165) is 0 Å². The molecule has 0 amide bonds. The van der Waals surface area contributed by atoms with Gasteiger partial charge in [0.1, 0.15) is 0 Å². The summed E-state index contributed by atoms with van der Waals surface area (Å²) in [6.07, 6.45) is 0. The summed E-state index contributed by atoms with van der Waals surface area (Å²) in [5, 5.41) is 3.01. The zero-order chi connectivity index (χ0) is 7.78. The number of hydrogen-bond donors (Lipinski definition) is 0. The first-order chi connectivity index (χ1) is 4.52. The second-order valence-corrected chi connectivity index (χ2v) is 1.67. The van der Waals surface area contributed by atoms with E-state index in [9.17, 15) is 0 Å². The fourth-order valence-electron chi connectivity index (χ4n) is 0.234. The van der Waals surface area contributed by atoms with Crippen molar-refractivity contribution < 1.29 is 5.48 Å². The molecule has 0 nitrogen and oxygen atoms in total. The Morgan fingerprint density at radius 3 is 3.50 bits per heavy atom. The summed E-state index contributed by atoms with van der Waals surface area (Å²) >= 11 is 1.25. The van der Waals surface area contributed by atoms with Crippen LogP contribution in [0.3, 0.4) is 0 Å². The lowest BCUT2D eigenvalue weighted by molar-refractivity contribution is 1.56. The van der Waals surface area contributed by atoms with E-state index in [1.165, 1.54) is 22.1 Å². The van der Waals surface area contributed by atoms with E-state index in [1.807, 2.05) is 0 Å². The van der Waals surface area contributed by atoms with Crippen molar-refractivity contribution in [1.82, 2.24) is 0 Å². The zero-order valence-electron chi connectivity index (χ0n) is 7.06. The maximum atomic E-state index is 7.16. The molecule has 0 N–H and O–H groups in total. The largest absolute Gasteiger partial charge is 0.152 e. The van der Waals surface area contributed by atoms with Gasteiger partial charge in [-0.25, -0.2) is 0 Å². The maximum Gasteiger partial charge on any atom is 0.0634 e. The number of rotatable bonds is 0. The molecule has 0 fully saturated rings. The van der Waals surface area contributed by atoms with Crippen LogP contribution in [0, 0.1) is 6.85 Å². The van der Waals surface area contributed by atoms with E-state index in [4.69, 9.17) is 5.48 Å². The lowest BCUT2D eigenvalue weighted by atomic mass is 10.4. The molecular formula is C5H6S. The van der Waals surface area contributed by atoms with E-state index in [0.29, 0.717) is 0 Å². The summed E-state index contributed by atoms with van der Waals surface area (Å²) in [6.45, 7) is -2.11. The molecule has 1 heterocycles. The summed E-state index contributed by atoms with van der Waals surface area (Å²) in [5.74, 6) is 0. The molecule has 0 aliphatic heterocycles. The maximum absolute atomic E-state index is 7.16. The predicted octanol–water partition coefficient (Wildman–Crippen LogP) is 2.06. The predicted molar refractivity (Wildman–Crippen MR) is 29.1 cm³/mol. The number of thiophene rings is 1. The normalized spacial score (nSPS) is 20.7.